The van der Waals surface area contributed by atoms with E-state index in [2.05, 4.69) is 10.3 Å². The van der Waals surface area contributed by atoms with Crippen LogP contribution in [0.1, 0.15) is 24.9 Å². The second-order valence-corrected chi connectivity index (χ2v) is 7.11. The summed E-state index contributed by atoms with van der Waals surface area (Å²) in [6, 6.07) is 5.03. The predicted molar refractivity (Wildman–Crippen MR) is 95.1 cm³/mol. The lowest BCUT2D eigenvalue weighted by Crippen LogP contribution is -2.35. The molecule has 0 saturated carbocycles. The Kier molecular flexibility index (Phi) is 6.82. The highest BCUT2D eigenvalue weighted by atomic mass is 35.5. The topological polar surface area (TPSA) is 53.6 Å². The molecule has 25 heavy (non-hydrogen) atoms. The Balaban J connectivity index is 1.84. The molecule has 140 valence electrons. The third kappa shape index (κ3) is 6.56. The molecule has 0 aromatic heterocycles. The van der Waals surface area contributed by atoms with Gasteiger partial charge in [-0.3, -0.25) is 9.89 Å². The van der Waals surface area contributed by atoms with Gasteiger partial charge in [-0.1, -0.05) is 29.3 Å². The number of guanidine groups is 1. The lowest BCUT2D eigenvalue weighted by atomic mass is 10.1. The van der Waals surface area contributed by atoms with Gasteiger partial charge < -0.3 is 11.1 Å². The highest BCUT2D eigenvalue weighted by molar-refractivity contribution is 6.35. The minimum atomic E-state index is -4.16. The molecular weight excluding hydrogens is 376 g/mol. The number of benzene rings is 1. The van der Waals surface area contributed by atoms with Gasteiger partial charge in [-0.25, -0.2) is 0 Å². The summed E-state index contributed by atoms with van der Waals surface area (Å²) in [5.74, 6) is 0.324. The Morgan fingerprint density at radius 3 is 2.80 bits per heavy atom. The maximum absolute atomic E-state index is 12.4. The number of alkyl halides is 3. The summed E-state index contributed by atoms with van der Waals surface area (Å²) < 4.78 is 37.2. The van der Waals surface area contributed by atoms with E-state index in [1.165, 1.54) is 4.90 Å². The molecule has 1 aliphatic heterocycles. The van der Waals surface area contributed by atoms with Gasteiger partial charge in [0.1, 0.15) is 0 Å². The van der Waals surface area contributed by atoms with E-state index in [0.717, 1.165) is 5.56 Å². The van der Waals surface area contributed by atoms with Gasteiger partial charge in [-0.2, -0.15) is 13.2 Å². The molecule has 9 heteroatoms. The van der Waals surface area contributed by atoms with Crippen molar-refractivity contribution in [2.24, 2.45) is 16.6 Å². The van der Waals surface area contributed by atoms with Crippen molar-refractivity contribution in [3.05, 3.63) is 33.8 Å². The highest BCUT2D eigenvalue weighted by Crippen LogP contribution is 2.26. The monoisotopic (exact) mass is 396 g/mol. The molecule has 1 saturated heterocycles. The zero-order chi connectivity index (χ0) is 18.6. The first kappa shape index (κ1) is 20.1. The molecule has 2 unspecified atom stereocenters. The summed E-state index contributed by atoms with van der Waals surface area (Å²) in [7, 11) is 0. The second-order valence-electron chi connectivity index (χ2n) is 6.26. The molecule has 3 N–H and O–H groups in total. The number of hydrogen-bond donors (Lipinski definition) is 2. The van der Waals surface area contributed by atoms with Crippen LogP contribution in [0, 0.1) is 5.92 Å². The van der Waals surface area contributed by atoms with Gasteiger partial charge in [-0.05, 0) is 43.5 Å². The van der Waals surface area contributed by atoms with E-state index in [1.54, 1.807) is 12.1 Å². The van der Waals surface area contributed by atoms with Crippen molar-refractivity contribution in [2.75, 3.05) is 26.2 Å². The quantitative estimate of drug-likeness (QED) is 0.587. The predicted octanol–water partition coefficient (Wildman–Crippen LogP) is 3.84. The molecule has 0 radical (unpaired) electrons. The van der Waals surface area contributed by atoms with E-state index < -0.39 is 12.7 Å². The summed E-state index contributed by atoms with van der Waals surface area (Å²) in [4.78, 5) is 5.66. The fraction of sp³-hybridized carbons (Fsp3) is 0.562. The molecule has 1 aliphatic rings. The van der Waals surface area contributed by atoms with Crippen LogP contribution in [0.5, 0.6) is 0 Å². The Morgan fingerprint density at radius 2 is 2.16 bits per heavy atom. The Morgan fingerprint density at radius 1 is 1.44 bits per heavy atom. The van der Waals surface area contributed by atoms with Crippen molar-refractivity contribution in [3.8, 4) is 0 Å². The summed E-state index contributed by atoms with van der Waals surface area (Å²) >= 11 is 12.0. The normalized spacial score (nSPS) is 20.7. The first-order valence-electron chi connectivity index (χ1n) is 7.94. The van der Waals surface area contributed by atoms with E-state index >= 15 is 0 Å². The highest BCUT2D eigenvalue weighted by Gasteiger charge is 2.34. The van der Waals surface area contributed by atoms with Crippen LogP contribution < -0.4 is 11.1 Å². The SMILES string of the molecule is CC(NC(N)=NCC1CCN(CC(F)(F)F)C1)c1ccc(Cl)cc1Cl. The average molecular weight is 397 g/mol. The smallest absolute Gasteiger partial charge is 0.370 e. The van der Waals surface area contributed by atoms with E-state index in [1.807, 2.05) is 13.0 Å². The van der Waals surface area contributed by atoms with Crippen molar-refractivity contribution in [1.29, 1.82) is 0 Å². The van der Waals surface area contributed by atoms with Crippen molar-refractivity contribution < 1.29 is 13.2 Å². The van der Waals surface area contributed by atoms with Crippen LogP contribution in [0.25, 0.3) is 0 Å². The number of nitrogens with zero attached hydrogens (tertiary/aromatic N) is 2. The second kappa shape index (κ2) is 8.47. The van der Waals surface area contributed by atoms with Gasteiger partial charge in [0, 0.05) is 23.1 Å². The molecule has 1 aromatic carbocycles. The van der Waals surface area contributed by atoms with Crippen molar-refractivity contribution in [2.45, 2.75) is 25.6 Å². The largest absolute Gasteiger partial charge is 0.401 e. The van der Waals surface area contributed by atoms with Crippen LogP contribution >= 0.6 is 23.2 Å². The molecule has 1 aromatic rings. The third-order valence-electron chi connectivity index (χ3n) is 4.09. The molecule has 0 aliphatic carbocycles. The lowest BCUT2D eigenvalue weighted by Gasteiger charge is -2.18. The Labute approximate surface area is 155 Å². The molecule has 4 nitrogen and oxygen atoms in total. The summed E-state index contributed by atoms with van der Waals surface area (Å²) in [5, 5.41) is 4.11. The molecule has 2 rings (SSSR count). The summed E-state index contributed by atoms with van der Waals surface area (Å²) in [6.45, 7) is 2.23. The number of likely N-dealkylation sites (tertiary alicyclic amines) is 1. The zero-order valence-corrected chi connectivity index (χ0v) is 15.3. The van der Waals surface area contributed by atoms with Crippen LogP contribution in [-0.2, 0) is 0 Å². The first-order valence-corrected chi connectivity index (χ1v) is 8.70. The fourth-order valence-corrected chi connectivity index (χ4v) is 3.46. The summed E-state index contributed by atoms with van der Waals surface area (Å²) in [5.41, 5.74) is 6.72. The molecule has 0 bridgehead atoms. The Bertz CT molecular complexity index is 622. The molecule has 1 heterocycles. The van der Waals surface area contributed by atoms with Crippen LogP contribution in [-0.4, -0.2) is 43.2 Å². The maximum atomic E-state index is 12.4. The van der Waals surface area contributed by atoms with Gasteiger partial charge in [0.25, 0.3) is 0 Å². The molecule has 0 spiro atoms. The van der Waals surface area contributed by atoms with Gasteiger partial charge >= 0.3 is 6.18 Å². The van der Waals surface area contributed by atoms with Crippen molar-refractivity contribution in [1.82, 2.24) is 10.2 Å². The number of rotatable bonds is 5. The standard InChI is InChI=1S/C16H21Cl2F3N4/c1-10(13-3-2-12(17)6-14(13)18)24-15(22)23-7-11-4-5-25(8-11)9-16(19,20)21/h2-3,6,10-11H,4-5,7-9H2,1H3,(H3,22,23,24). The van der Waals surface area contributed by atoms with Gasteiger partial charge in [0.05, 0.1) is 12.6 Å². The molecule has 0 amide bonds. The maximum Gasteiger partial charge on any atom is 0.401 e. The van der Waals surface area contributed by atoms with Crippen LogP contribution in [0.15, 0.2) is 23.2 Å². The van der Waals surface area contributed by atoms with E-state index in [0.29, 0.717) is 36.1 Å². The zero-order valence-electron chi connectivity index (χ0n) is 13.8. The third-order valence-corrected chi connectivity index (χ3v) is 4.65. The van der Waals surface area contributed by atoms with E-state index in [4.69, 9.17) is 28.9 Å². The first-order chi connectivity index (χ1) is 11.6. The molecule has 2 atom stereocenters. The van der Waals surface area contributed by atoms with Crippen LogP contribution in [0.2, 0.25) is 10.0 Å². The fourth-order valence-electron chi connectivity index (χ4n) is 2.88. The minimum absolute atomic E-state index is 0.0807. The number of hydrogen-bond acceptors (Lipinski definition) is 2. The van der Waals surface area contributed by atoms with E-state index in [9.17, 15) is 13.2 Å². The number of nitrogens with one attached hydrogen (secondary N) is 1. The number of aliphatic imine (C=N–C) groups is 1. The van der Waals surface area contributed by atoms with Crippen molar-refractivity contribution in [3.63, 3.8) is 0 Å². The lowest BCUT2D eigenvalue weighted by molar-refractivity contribution is -0.143. The minimum Gasteiger partial charge on any atom is -0.370 e. The van der Waals surface area contributed by atoms with Crippen LogP contribution in [0.3, 0.4) is 0 Å². The van der Waals surface area contributed by atoms with Crippen molar-refractivity contribution >= 4 is 29.2 Å². The van der Waals surface area contributed by atoms with Gasteiger partial charge in [-0.15, -0.1) is 0 Å². The number of nitrogens with two attached hydrogens (primary N) is 1. The Hall–Kier alpha value is -1.18. The van der Waals surface area contributed by atoms with Gasteiger partial charge in [0.2, 0.25) is 0 Å². The van der Waals surface area contributed by atoms with E-state index in [-0.39, 0.29) is 17.9 Å². The average Bonchev–Trinajstić information content (AvgIpc) is 2.90. The van der Waals surface area contributed by atoms with Crippen LogP contribution in [0.4, 0.5) is 13.2 Å². The number of halogens is 5. The molecule has 1 fully saturated rings. The summed E-state index contributed by atoms with van der Waals surface area (Å²) in [6.07, 6.45) is -3.47. The molecular formula is C16H21Cl2F3N4. The van der Waals surface area contributed by atoms with Gasteiger partial charge in [0.15, 0.2) is 5.96 Å².